The molecule has 0 aromatic rings. The van der Waals surface area contributed by atoms with E-state index in [4.69, 9.17) is 4.74 Å². The third-order valence-electron chi connectivity index (χ3n) is 4.95. The average molecular weight is 296 g/mol. The Morgan fingerprint density at radius 1 is 1.19 bits per heavy atom. The summed E-state index contributed by atoms with van der Waals surface area (Å²) < 4.78 is 5.80. The number of ether oxygens (including phenoxy) is 1. The normalized spacial score (nSPS) is 38.2. The molecule has 1 heterocycles. The van der Waals surface area contributed by atoms with E-state index >= 15 is 0 Å². The predicted octanol–water partition coefficient (Wildman–Crippen LogP) is 2.52. The van der Waals surface area contributed by atoms with E-state index in [9.17, 15) is 15.0 Å². The van der Waals surface area contributed by atoms with Gasteiger partial charge in [-0.3, -0.25) is 4.79 Å². The number of fused-ring (bicyclic) bond motifs is 1. The molecule has 4 atom stereocenters. The lowest BCUT2D eigenvalue weighted by Gasteiger charge is -2.30. The molecule has 1 aliphatic carbocycles. The van der Waals surface area contributed by atoms with Crippen LogP contribution in [0.3, 0.4) is 0 Å². The number of unbranched alkanes of at least 4 members (excludes halogenated alkanes) is 6. The number of hydrogen-bond acceptors (Lipinski definition) is 4. The van der Waals surface area contributed by atoms with E-state index < -0.39 is 29.2 Å². The van der Waals surface area contributed by atoms with Crippen molar-refractivity contribution in [2.24, 2.45) is 0 Å². The SMILES string of the molecule is CCCCCCCCCC1OC2(C)C=CC(=O)C2(O)C1O. The topological polar surface area (TPSA) is 66.8 Å². The summed E-state index contributed by atoms with van der Waals surface area (Å²) in [5.41, 5.74) is -2.87. The van der Waals surface area contributed by atoms with E-state index in [-0.39, 0.29) is 0 Å². The van der Waals surface area contributed by atoms with Crippen molar-refractivity contribution in [1.82, 2.24) is 0 Å². The first-order chi connectivity index (χ1) is 9.95. The highest BCUT2D eigenvalue weighted by Crippen LogP contribution is 2.46. The van der Waals surface area contributed by atoms with Crippen LogP contribution < -0.4 is 0 Å². The van der Waals surface area contributed by atoms with Crippen LogP contribution in [0, 0.1) is 0 Å². The van der Waals surface area contributed by atoms with E-state index in [1.807, 2.05) is 0 Å². The maximum atomic E-state index is 11.8. The Kier molecular flexibility index (Phi) is 5.23. The molecule has 0 aromatic heterocycles. The molecule has 1 aliphatic heterocycles. The van der Waals surface area contributed by atoms with Gasteiger partial charge in [-0.25, -0.2) is 0 Å². The fourth-order valence-electron chi connectivity index (χ4n) is 3.47. The van der Waals surface area contributed by atoms with Crippen LogP contribution in [0.4, 0.5) is 0 Å². The fourth-order valence-corrected chi connectivity index (χ4v) is 3.47. The van der Waals surface area contributed by atoms with Gasteiger partial charge in [0.05, 0.1) is 6.10 Å². The summed E-state index contributed by atoms with van der Waals surface area (Å²) in [5, 5.41) is 20.8. The van der Waals surface area contributed by atoms with Crippen LogP contribution in [0.2, 0.25) is 0 Å². The zero-order valence-electron chi connectivity index (χ0n) is 13.2. The minimum Gasteiger partial charge on any atom is -0.387 e. The van der Waals surface area contributed by atoms with Crippen molar-refractivity contribution in [1.29, 1.82) is 0 Å². The molecule has 1 fully saturated rings. The number of carbonyl (C=O) groups excluding carboxylic acids is 1. The van der Waals surface area contributed by atoms with Crippen LogP contribution in [-0.2, 0) is 9.53 Å². The van der Waals surface area contributed by atoms with E-state index in [0.717, 1.165) is 12.8 Å². The summed E-state index contributed by atoms with van der Waals surface area (Å²) in [6.07, 6.45) is 10.3. The maximum absolute atomic E-state index is 11.8. The third kappa shape index (κ3) is 2.94. The fraction of sp³-hybridized carbons (Fsp3) is 0.824. The van der Waals surface area contributed by atoms with Crippen LogP contribution in [0.5, 0.6) is 0 Å². The van der Waals surface area contributed by atoms with Gasteiger partial charge in [0.15, 0.2) is 11.4 Å². The van der Waals surface area contributed by atoms with Crippen LogP contribution in [0.15, 0.2) is 12.2 Å². The Balaban J connectivity index is 1.76. The first-order valence-electron chi connectivity index (χ1n) is 8.27. The molecule has 0 aromatic carbocycles. The molecule has 0 saturated carbocycles. The summed E-state index contributed by atoms with van der Waals surface area (Å²) in [4.78, 5) is 11.8. The molecule has 4 nitrogen and oxygen atoms in total. The Bertz CT molecular complexity index is 406. The molecule has 0 amide bonds. The van der Waals surface area contributed by atoms with Gasteiger partial charge in [-0.2, -0.15) is 0 Å². The Hall–Kier alpha value is -0.710. The van der Waals surface area contributed by atoms with Crippen LogP contribution in [0.25, 0.3) is 0 Å². The molecule has 21 heavy (non-hydrogen) atoms. The third-order valence-corrected chi connectivity index (χ3v) is 4.95. The maximum Gasteiger partial charge on any atom is 0.193 e. The predicted molar refractivity (Wildman–Crippen MR) is 81.0 cm³/mol. The quantitative estimate of drug-likeness (QED) is 0.675. The first-order valence-corrected chi connectivity index (χ1v) is 8.27. The summed E-state index contributed by atoms with van der Waals surface area (Å²) in [7, 11) is 0. The van der Waals surface area contributed by atoms with E-state index in [0.29, 0.717) is 6.42 Å². The van der Waals surface area contributed by atoms with Crippen molar-refractivity contribution in [2.45, 2.75) is 88.6 Å². The monoisotopic (exact) mass is 296 g/mol. The van der Waals surface area contributed by atoms with Crippen molar-refractivity contribution in [3.8, 4) is 0 Å². The molecule has 4 heteroatoms. The number of aliphatic hydroxyl groups is 2. The Morgan fingerprint density at radius 2 is 1.81 bits per heavy atom. The molecule has 0 radical (unpaired) electrons. The van der Waals surface area contributed by atoms with Crippen molar-refractivity contribution in [2.75, 3.05) is 0 Å². The standard InChI is InChI=1S/C17H28O4/c1-3-4-5-6-7-8-9-10-13-15(19)17(20)14(18)11-12-16(17,2)21-13/h11-13,15,19-20H,3-10H2,1-2H3. The molecule has 0 spiro atoms. The molecular weight excluding hydrogens is 268 g/mol. The highest BCUT2D eigenvalue weighted by atomic mass is 16.6. The summed E-state index contributed by atoms with van der Waals surface area (Å²) in [6.45, 7) is 3.87. The van der Waals surface area contributed by atoms with Gasteiger partial charge in [-0.15, -0.1) is 0 Å². The molecule has 2 aliphatic rings. The van der Waals surface area contributed by atoms with Gasteiger partial charge >= 0.3 is 0 Å². The first kappa shape index (κ1) is 16.7. The molecule has 1 saturated heterocycles. The second-order valence-electron chi connectivity index (χ2n) is 6.58. The summed E-state index contributed by atoms with van der Waals surface area (Å²) in [5.74, 6) is -0.445. The minimum absolute atomic E-state index is 0.445. The van der Waals surface area contributed by atoms with Crippen LogP contribution in [0.1, 0.15) is 65.2 Å². The minimum atomic E-state index is -1.79. The van der Waals surface area contributed by atoms with Crippen LogP contribution in [-0.4, -0.2) is 39.4 Å². The highest BCUT2D eigenvalue weighted by molar-refractivity contribution is 6.02. The smallest absolute Gasteiger partial charge is 0.193 e. The lowest BCUT2D eigenvalue weighted by atomic mass is 9.82. The summed E-state index contributed by atoms with van der Waals surface area (Å²) in [6, 6.07) is 0. The lowest BCUT2D eigenvalue weighted by molar-refractivity contribution is -0.149. The van der Waals surface area contributed by atoms with E-state index in [2.05, 4.69) is 6.92 Å². The second-order valence-corrected chi connectivity index (χ2v) is 6.58. The molecule has 2 rings (SSSR count). The Morgan fingerprint density at radius 3 is 2.43 bits per heavy atom. The van der Waals surface area contributed by atoms with Crippen molar-refractivity contribution < 1.29 is 19.7 Å². The molecule has 2 N–H and O–H groups in total. The van der Waals surface area contributed by atoms with Gasteiger partial charge in [0, 0.05) is 0 Å². The molecule has 0 bridgehead atoms. The number of rotatable bonds is 8. The zero-order chi connectivity index (χ0) is 15.5. The lowest BCUT2D eigenvalue weighted by Crippen LogP contribution is -2.56. The highest BCUT2D eigenvalue weighted by Gasteiger charge is 2.67. The van der Waals surface area contributed by atoms with Crippen molar-refractivity contribution in [3.63, 3.8) is 0 Å². The number of hydrogen-bond donors (Lipinski definition) is 2. The number of aliphatic hydroxyl groups excluding tert-OH is 1. The van der Waals surface area contributed by atoms with Gasteiger partial charge in [0.25, 0.3) is 0 Å². The van der Waals surface area contributed by atoms with Gasteiger partial charge in [0.2, 0.25) is 0 Å². The largest absolute Gasteiger partial charge is 0.387 e. The molecule has 4 unspecified atom stereocenters. The average Bonchev–Trinajstić information content (AvgIpc) is 2.80. The second kappa shape index (κ2) is 6.59. The van der Waals surface area contributed by atoms with E-state index in [1.54, 1.807) is 13.0 Å². The van der Waals surface area contributed by atoms with Gasteiger partial charge in [-0.05, 0) is 25.5 Å². The van der Waals surface area contributed by atoms with E-state index in [1.165, 1.54) is 38.2 Å². The number of carbonyl (C=O) groups is 1. The molecule has 120 valence electrons. The van der Waals surface area contributed by atoms with Crippen molar-refractivity contribution in [3.05, 3.63) is 12.2 Å². The van der Waals surface area contributed by atoms with Crippen molar-refractivity contribution >= 4 is 5.78 Å². The molecular formula is C17H28O4. The van der Waals surface area contributed by atoms with Crippen LogP contribution >= 0.6 is 0 Å². The zero-order valence-corrected chi connectivity index (χ0v) is 13.2. The van der Waals surface area contributed by atoms with Gasteiger partial charge in [-0.1, -0.05) is 51.9 Å². The van der Waals surface area contributed by atoms with Gasteiger partial charge < -0.3 is 14.9 Å². The summed E-state index contributed by atoms with van der Waals surface area (Å²) >= 11 is 0. The Labute approximate surface area is 127 Å². The number of ketones is 1. The van der Waals surface area contributed by atoms with Gasteiger partial charge in [0.1, 0.15) is 11.7 Å².